The molecule has 1 atom stereocenters. The lowest BCUT2D eigenvalue weighted by molar-refractivity contribution is -0.116. The average Bonchev–Trinajstić information content (AvgIpc) is 3.11. The van der Waals surface area contributed by atoms with Gasteiger partial charge >= 0.3 is 0 Å². The minimum absolute atomic E-state index is 0.133. The molecule has 0 bridgehead atoms. The maximum Gasteiger partial charge on any atom is 0.237 e. The molecule has 2 heterocycles. The van der Waals surface area contributed by atoms with E-state index in [1.165, 1.54) is 22.9 Å². The molecule has 4 rings (SSSR count). The fourth-order valence-electron chi connectivity index (χ4n) is 3.31. The molecule has 0 fully saturated rings. The molecule has 0 aliphatic carbocycles. The Hall–Kier alpha value is -2.27. The molecule has 1 aliphatic rings. The van der Waals surface area contributed by atoms with Crippen LogP contribution in [0.2, 0.25) is 0 Å². The number of fused-ring (bicyclic) bond motifs is 2. The third-order valence-electron chi connectivity index (χ3n) is 4.42. The Balaban J connectivity index is 1.50. The topological polar surface area (TPSA) is 49.0 Å². The van der Waals surface area contributed by atoms with E-state index in [2.05, 4.69) is 35.9 Å². The second-order valence-electron chi connectivity index (χ2n) is 6.30. The molecule has 0 unspecified atom stereocenters. The van der Waals surface area contributed by atoms with Gasteiger partial charge in [-0.15, -0.1) is 0 Å². The van der Waals surface area contributed by atoms with Crippen molar-refractivity contribution in [1.82, 2.24) is 9.97 Å². The van der Waals surface area contributed by atoms with Gasteiger partial charge in [0.05, 0.1) is 16.8 Å². The second-order valence-corrected chi connectivity index (χ2v) is 7.26. The molecule has 2 aromatic carbocycles. The Morgan fingerprint density at radius 3 is 3.04 bits per heavy atom. The summed E-state index contributed by atoms with van der Waals surface area (Å²) in [7, 11) is 0. The molecular formula is C19H19N3OS. The smallest absolute Gasteiger partial charge is 0.237 e. The molecule has 0 spiro atoms. The van der Waals surface area contributed by atoms with Crippen LogP contribution in [0.3, 0.4) is 0 Å². The van der Waals surface area contributed by atoms with Crippen LogP contribution in [0, 0.1) is 6.92 Å². The van der Waals surface area contributed by atoms with Gasteiger partial charge < -0.3 is 9.88 Å². The first-order valence-electron chi connectivity index (χ1n) is 8.11. The molecule has 4 nitrogen and oxygen atoms in total. The molecule has 0 radical (unpaired) electrons. The van der Waals surface area contributed by atoms with Crippen LogP contribution in [0.15, 0.2) is 47.6 Å². The first-order chi connectivity index (χ1) is 11.6. The number of imidazole rings is 1. The van der Waals surface area contributed by atoms with E-state index in [4.69, 9.17) is 0 Å². The van der Waals surface area contributed by atoms with Gasteiger partial charge in [0.25, 0.3) is 0 Å². The molecule has 1 amide bonds. The van der Waals surface area contributed by atoms with Crippen molar-refractivity contribution in [2.75, 3.05) is 10.7 Å². The van der Waals surface area contributed by atoms with E-state index < -0.39 is 0 Å². The largest absolute Gasteiger partial charge is 0.333 e. The number of benzene rings is 2. The molecule has 1 N–H and O–H groups in total. The number of hydrogen-bond donors (Lipinski definition) is 1. The van der Waals surface area contributed by atoms with Crippen LogP contribution < -0.4 is 4.90 Å². The number of aromatic amines is 1. The summed E-state index contributed by atoms with van der Waals surface area (Å²) in [5, 5.41) is 0.795. The van der Waals surface area contributed by atoms with E-state index in [1.807, 2.05) is 35.2 Å². The number of H-pyrrole nitrogens is 1. The normalized spacial score (nSPS) is 16.6. The van der Waals surface area contributed by atoms with E-state index >= 15 is 0 Å². The van der Waals surface area contributed by atoms with Crippen molar-refractivity contribution >= 4 is 34.4 Å². The minimum atomic E-state index is 0.133. The minimum Gasteiger partial charge on any atom is -0.333 e. The van der Waals surface area contributed by atoms with E-state index in [0.29, 0.717) is 5.75 Å². The second kappa shape index (κ2) is 5.98. The van der Waals surface area contributed by atoms with Gasteiger partial charge in [0, 0.05) is 11.7 Å². The number of rotatable bonds is 3. The third-order valence-corrected chi connectivity index (χ3v) is 5.28. The number of anilines is 1. The molecule has 0 saturated carbocycles. The first kappa shape index (κ1) is 15.3. The highest BCUT2D eigenvalue weighted by atomic mass is 32.2. The number of carbonyl (C=O) groups is 1. The zero-order chi connectivity index (χ0) is 16.7. The van der Waals surface area contributed by atoms with Crippen LogP contribution in [0.25, 0.3) is 11.0 Å². The molecule has 1 aliphatic heterocycles. The van der Waals surface area contributed by atoms with Gasteiger partial charge in [-0.3, -0.25) is 4.79 Å². The molecule has 3 aromatic rings. The van der Waals surface area contributed by atoms with Crippen molar-refractivity contribution in [2.45, 2.75) is 31.5 Å². The van der Waals surface area contributed by atoms with Crippen molar-refractivity contribution in [1.29, 1.82) is 0 Å². The lowest BCUT2D eigenvalue weighted by Gasteiger charge is -2.22. The summed E-state index contributed by atoms with van der Waals surface area (Å²) in [6.45, 7) is 4.16. The highest BCUT2D eigenvalue weighted by Crippen LogP contribution is 2.32. The number of nitrogens with zero attached hydrogens (tertiary/aromatic N) is 2. The summed E-state index contributed by atoms with van der Waals surface area (Å²) < 4.78 is 0. The first-order valence-corrected chi connectivity index (χ1v) is 9.09. The predicted octanol–water partition coefficient (Wildman–Crippen LogP) is 3.94. The highest BCUT2D eigenvalue weighted by molar-refractivity contribution is 7.99. The number of thioether (sulfide) groups is 1. The summed E-state index contributed by atoms with van der Waals surface area (Å²) in [6.07, 6.45) is 0.927. The standard InChI is InChI=1S/C19H19N3OS/c1-12-7-8-15-16(9-12)21-19(20-15)24-11-18(23)22-13(2)10-14-5-3-4-6-17(14)22/h3-9,13H,10-11H2,1-2H3,(H,20,21)/t13-/m1/s1. The fraction of sp³-hybridized carbons (Fsp3) is 0.263. The number of hydrogen-bond acceptors (Lipinski definition) is 3. The van der Waals surface area contributed by atoms with E-state index in [9.17, 15) is 4.79 Å². The number of aromatic nitrogens is 2. The van der Waals surface area contributed by atoms with Gasteiger partial charge in [0.1, 0.15) is 0 Å². The predicted molar refractivity (Wildman–Crippen MR) is 98.6 cm³/mol. The van der Waals surface area contributed by atoms with Crippen LogP contribution in [-0.2, 0) is 11.2 Å². The van der Waals surface area contributed by atoms with Crippen LogP contribution in [-0.4, -0.2) is 27.7 Å². The molecule has 122 valence electrons. The number of para-hydroxylation sites is 1. The van der Waals surface area contributed by atoms with Crippen LogP contribution >= 0.6 is 11.8 Å². The third kappa shape index (κ3) is 2.69. The van der Waals surface area contributed by atoms with Crippen molar-refractivity contribution in [2.24, 2.45) is 0 Å². The van der Waals surface area contributed by atoms with Gasteiger partial charge in [0.2, 0.25) is 5.91 Å². The Labute approximate surface area is 145 Å². The zero-order valence-electron chi connectivity index (χ0n) is 13.7. The highest BCUT2D eigenvalue weighted by Gasteiger charge is 2.30. The van der Waals surface area contributed by atoms with Crippen molar-refractivity contribution in [3.05, 3.63) is 53.6 Å². The fourth-order valence-corrected chi connectivity index (χ4v) is 4.06. The Morgan fingerprint density at radius 2 is 2.17 bits per heavy atom. The maximum atomic E-state index is 12.7. The summed E-state index contributed by atoms with van der Waals surface area (Å²) in [4.78, 5) is 22.5. The SMILES string of the molecule is Cc1ccc2nc(SCC(=O)N3c4ccccc4C[C@H]3C)[nH]c2c1. The number of aryl methyl sites for hydroxylation is 1. The summed E-state index contributed by atoms with van der Waals surface area (Å²) in [5.41, 5.74) is 5.46. The van der Waals surface area contributed by atoms with Crippen LogP contribution in [0.5, 0.6) is 0 Å². The maximum absolute atomic E-state index is 12.7. The van der Waals surface area contributed by atoms with E-state index in [1.54, 1.807) is 0 Å². The van der Waals surface area contributed by atoms with Crippen molar-refractivity contribution in [3.63, 3.8) is 0 Å². The van der Waals surface area contributed by atoms with Crippen molar-refractivity contribution in [3.8, 4) is 0 Å². The summed E-state index contributed by atoms with van der Waals surface area (Å²) in [5.74, 6) is 0.520. The lowest BCUT2D eigenvalue weighted by atomic mass is 10.1. The van der Waals surface area contributed by atoms with Gasteiger partial charge in [-0.1, -0.05) is 36.0 Å². The van der Waals surface area contributed by atoms with E-state index in [0.717, 1.165) is 28.3 Å². The van der Waals surface area contributed by atoms with Gasteiger partial charge in [-0.25, -0.2) is 4.98 Å². The van der Waals surface area contributed by atoms with Gasteiger partial charge in [0.15, 0.2) is 5.16 Å². The quantitative estimate of drug-likeness (QED) is 0.737. The Bertz CT molecular complexity index is 918. The number of nitrogens with one attached hydrogen (secondary N) is 1. The van der Waals surface area contributed by atoms with Crippen LogP contribution in [0.1, 0.15) is 18.1 Å². The number of carbonyl (C=O) groups excluding carboxylic acids is 1. The monoisotopic (exact) mass is 337 g/mol. The Morgan fingerprint density at radius 1 is 1.33 bits per heavy atom. The van der Waals surface area contributed by atoms with Gasteiger partial charge in [-0.2, -0.15) is 0 Å². The molecular weight excluding hydrogens is 318 g/mol. The van der Waals surface area contributed by atoms with Gasteiger partial charge in [-0.05, 0) is 49.6 Å². The summed E-state index contributed by atoms with van der Waals surface area (Å²) in [6, 6.07) is 14.5. The average molecular weight is 337 g/mol. The van der Waals surface area contributed by atoms with Crippen LogP contribution in [0.4, 0.5) is 5.69 Å². The molecule has 24 heavy (non-hydrogen) atoms. The lowest BCUT2D eigenvalue weighted by Crippen LogP contribution is -2.36. The van der Waals surface area contributed by atoms with E-state index in [-0.39, 0.29) is 11.9 Å². The van der Waals surface area contributed by atoms with Crippen molar-refractivity contribution < 1.29 is 4.79 Å². The number of amides is 1. The molecule has 0 saturated heterocycles. The molecule has 5 heteroatoms. The molecule has 1 aromatic heterocycles. The zero-order valence-corrected chi connectivity index (χ0v) is 14.6. The Kier molecular flexibility index (Phi) is 3.81. The summed E-state index contributed by atoms with van der Waals surface area (Å²) >= 11 is 1.47.